The zero-order chi connectivity index (χ0) is 34.1. The fourth-order valence-electron chi connectivity index (χ4n) is 7.65. The van der Waals surface area contributed by atoms with Crippen molar-refractivity contribution in [2.75, 3.05) is 0 Å². The summed E-state index contributed by atoms with van der Waals surface area (Å²) < 4.78 is 13.2. The molecule has 1 aromatic heterocycles. The van der Waals surface area contributed by atoms with Crippen LogP contribution in [0, 0.1) is 0 Å². The van der Waals surface area contributed by atoms with Crippen LogP contribution in [0.25, 0.3) is 66.9 Å². The highest BCUT2D eigenvalue weighted by Gasteiger charge is 2.39. The normalized spacial score (nSPS) is 13.4. The van der Waals surface area contributed by atoms with Crippen molar-refractivity contribution in [1.82, 2.24) is 9.97 Å². The van der Waals surface area contributed by atoms with E-state index in [9.17, 15) is 0 Å². The van der Waals surface area contributed by atoms with Gasteiger partial charge in [0, 0.05) is 27.7 Å². The molecule has 1 aliphatic carbocycles. The number of nitrogens with zero attached hydrogens (tertiary/aromatic N) is 2. The van der Waals surface area contributed by atoms with E-state index in [1.165, 1.54) is 27.5 Å². The Kier molecular flexibility index (Phi) is 6.49. The van der Waals surface area contributed by atoms with Gasteiger partial charge in [-0.2, -0.15) is 0 Å². The lowest BCUT2D eigenvalue weighted by molar-refractivity contribution is 0.360. The highest BCUT2D eigenvalue weighted by Crippen LogP contribution is 2.58. The average molecular weight is 657 g/mol. The fourth-order valence-corrected chi connectivity index (χ4v) is 7.65. The number of hydrogen-bond donors (Lipinski definition) is 0. The molecule has 7 aromatic carbocycles. The molecule has 0 fully saturated rings. The van der Waals surface area contributed by atoms with E-state index in [2.05, 4.69) is 141 Å². The van der Waals surface area contributed by atoms with Gasteiger partial charge in [-0.15, -0.1) is 0 Å². The van der Waals surface area contributed by atoms with Crippen LogP contribution in [-0.4, -0.2) is 9.97 Å². The van der Waals surface area contributed by atoms with Crippen LogP contribution in [0.3, 0.4) is 0 Å². The molecule has 0 unspecified atom stereocenters. The van der Waals surface area contributed by atoms with Gasteiger partial charge < -0.3 is 9.47 Å². The number of aromatic nitrogens is 2. The summed E-state index contributed by atoms with van der Waals surface area (Å²) >= 11 is 0. The first-order valence-electron chi connectivity index (χ1n) is 17.3. The maximum Gasteiger partial charge on any atom is 0.178 e. The summed E-state index contributed by atoms with van der Waals surface area (Å²) in [6, 6.07) is 54.7. The van der Waals surface area contributed by atoms with E-state index in [0.29, 0.717) is 17.3 Å². The molecule has 0 spiro atoms. The number of ether oxygens (including phenoxy) is 2. The first-order valence-corrected chi connectivity index (χ1v) is 17.3. The Morgan fingerprint density at radius 1 is 0.431 bits per heavy atom. The highest BCUT2D eigenvalue weighted by atomic mass is 16.6. The van der Waals surface area contributed by atoms with Crippen LogP contribution in [0.2, 0.25) is 0 Å². The molecule has 0 N–H and O–H groups in total. The van der Waals surface area contributed by atoms with E-state index in [4.69, 9.17) is 19.4 Å². The van der Waals surface area contributed by atoms with Gasteiger partial charge in [-0.1, -0.05) is 141 Å². The van der Waals surface area contributed by atoms with Gasteiger partial charge >= 0.3 is 0 Å². The van der Waals surface area contributed by atoms with Crippen molar-refractivity contribution in [2.24, 2.45) is 0 Å². The van der Waals surface area contributed by atoms with Gasteiger partial charge in [0.15, 0.2) is 28.8 Å². The van der Waals surface area contributed by atoms with Gasteiger partial charge in [0.2, 0.25) is 0 Å². The Morgan fingerprint density at radius 3 is 1.94 bits per heavy atom. The van der Waals surface area contributed by atoms with Crippen LogP contribution in [0.4, 0.5) is 0 Å². The van der Waals surface area contributed by atoms with Crippen LogP contribution < -0.4 is 9.47 Å². The lowest BCUT2D eigenvalue weighted by Gasteiger charge is -2.25. The molecule has 0 amide bonds. The Hall–Kier alpha value is -6.52. The Bertz CT molecular complexity index is 2660. The Labute approximate surface area is 296 Å². The van der Waals surface area contributed by atoms with Crippen LogP contribution in [0.15, 0.2) is 158 Å². The van der Waals surface area contributed by atoms with Crippen LogP contribution in [0.5, 0.6) is 23.0 Å². The van der Waals surface area contributed by atoms with E-state index in [1.807, 2.05) is 30.3 Å². The maximum atomic E-state index is 6.72. The van der Waals surface area contributed by atoms with Crippen LogP contribution in [0.1, 0.15) is 25.0 Å². The van der Waals surface area contributed by atoms with Gasteiger partial charge in [-0.3, -0.25) is 0 Å². The van der Waals surface area contributed by atoms with Crippen molar-refractivity contribution in [3.05, 3.63) is 169 Å². The van der Waals surface area contributed by atoms with Crippen molar-refractivity contribution in [1.29, 1.82) is 0 Å². The second kappa shape index (κ2) is 11.3. The predicted octanol–water partition coefficient (Wildman–Crippen LogP) is 12.5. The average Bonchev–Trinajstić information content (AvgIpc) is 3.43. The SMILES string of the molecule is CC1(C)c2ccccc2-c2c1ccc1c2Oc2cc(-c3ccc(-c4cc(-c5ccc6ccccc6c5)nc(-c5ccccc5)n4)cc3)ccc2O1. The zero-order valence-electron chi connectivity index (χ0n) is 28.2. The smallest absolute Gasteiger partial charge is 0.178 e. The van der Waals surface area contributed by atoms with E-state index in [0.717, 1.165) is 56.3 Å². The van der Waals surface area contributed by atoms with Crippen LogP contribution in [-0.2, 0) is 5.41 Å². The molecular weight excluding hydrogens is 625 g/mol. The summed E-state index contributed by atoms with van der Waals surface area (Å²) in [4.78, 5) is 10.1. The predicted molar refractivity (Wildman–Crippen MR) is 205 cm³/mol. The minimum absolute atomic E-state index is 0.115. The Balaban J connectivity index is 1.00. The van der Waals surface area contributed by atoms with Gasteiger partial charge in [0.05, 0.1) is 11.4 Å². The third-order valence-electron chi connectivity index (χ3n) is 10.4. The minimum Gasteiger partial charge on any atom is -0.449 e. The van der Waals surface area contributed by atoms with E-state index >= 15 is 0 Å². The molecular formula is C47H32N2O2. The zero-order valence-corrected chi connectivity index (χ0v) is 28.2. The summed E-state index contributed by atoms with van der Waals surface area (Å²) in [6.07, 6.45) is 0. The highest BCUT2D eigenvalue weighted by molar-refractivity contribution is 5.89. The lowest BCUT2D eigenvalue weighted by Crippen LogP contribution is -2.15. The molecule has 1 aliphatic heterocycles. The third kappa shape index (κ3) is 4.83. The lowest BCUT2D eigenvalue weighted by atomic mass is 9.82. The van der Waals surface area contributed by atoms with E-state index in [-0.39, 0.29) is 5.41 Å². The molecule has 2 heterocycles. The number of fused-ring (bicyclic) bond motifs is 7. The standard InChI is InChI=1S/C47H32N2O2/c1-47(2)37-15-9-8-14-36(37)44-38(47)23-25-42-45(44)51-43-27-34(22-24-41(43)50-42)30-16-19-31(20-17-30)39-28-40(49-46(48-39)32-11-4-3-5-12-32)35-21-18-29-10-6-7-13-33(29)26-35/h3-28H,1-2H3. The fraction of sp³-hybridized carbons (Fsp3) is 0.0638. The summed E-state index contributed by atoms with van der Waals surface area (Å²) in [6.45, 7) is 4.55. The van der Waals surface area contributed by atoms with Gasteiger partial charge in [0.25, 0.3) is 0 Å². The van der Waals surface area contributed by atoms with Crippen molar-refractivity contribution >= 4 is 10.8 Å². The summed E-state index contributed by atoms with van der Waals surface area (Å²) in [7, 11) is 0. The van der Waals surface area contributed by atoms with Gasteiger partial charge in [-0.25, -0.2) is 9.97 Å². The van der Waals surface area contributed by atoms with Gasteiger partial charge in [-0.05, 0) is 68.9 Å². The van der Waals surface area contributed by atoms with Gasteiger partial charge in [0.1, 0.15) is 0 Å². The van der Waals surface area contributed by atoms with Crippen molar-refractivity contribution in [3.8, 4) is 79.2 Å². The first kappa shape index (κ1) is 29.4. The maximum absolute atomic E-state index is 6.72. The molecule has 0 radical (unpaired) electrons. The molecule has 51 heavy (non-hydrogen) atoms. The van der Waals surface area contributed by atoms with E-state index < -0.39 is 0 Å². The summed E-state index contributed by atoms with van der Waals surface area (Å²) in [5.74, 6) is 3.65. The number of rotatable bonds is 4. The molecule has 0 saturated heterocycles. The molecule has 4 heteroatoms. The van der Waals surface area contributed by atoms with E-state index in [1.54, 1.807) is 0 Å². The summed E-state index contributed by atoms with van der Waals surface area (Å²) in [5, 5.41) is 2.39. The largest absolute Gasteiger partial charge is 0.449 e. The summed E-state index contributed by atoms with van der Waals surface area (Å²) in [5.41, 5.74) is 11.7. The molecule has 8 aromatic rings. The van der Waals surface area contributed by atoms with Crippen molar-refractivity contribution in [2.45, 2.75) is 19.3 Å². The quantitative estimate of drug-likeness (QED) is 0.189. The third-order valence-corrected chi connectivity index (χ3v) is 10.4. The number of benzene rings is 7. The minimum atomic E-state index is -0.115. The first-order chi connectivity index (χ1) is 25.0. The second-order valence-corrected chi connectivity index (χ2v) is 13.8. The monoisotopic (exact) mass is 656 g/mol. The second-order valence-electron chi connectivity index (χ2n) is 13.8. The molecule has 242 valence electrons. The van der Waals surface area contributed by atoms with Crippen molar-refractivity contribution < 1.29 is 9.47 Å². The topological polar surface area (TPSA) is 44.2 Å². The van der Waals surface area contributed by atoms with Crippen LogP contribution >= 0.6 is 0 Å². The molecule has 0 bridgehead atoms. The van der Waals surface area contributed by atoms with Crippen molar-refractivity contribution in [3.63, 3.8) is 0 Å². The number of hydrogen-bond acceptors (Lipinski definition) is 4. The molecule has 0 saturated carbocycles. The molecule has 2 aliphatic rings. The molecule has 10 rings (SSSR count). The molecule has 4 nitrogen and oxygen atoms in total. The molecule has 0 atom stereocenters. The Morgan fingerprint density at radius 2 is 1.10 bits per heavy atom.